The number of hydrogen-bond acceptors (Lipinski definition) is 2. The lowest BCUT2D eigenvalue weighted by molar-refractivity contribution is 0.611. The molecule has 0 aromatic heterocycles. The first-order valence-electron chi connectivity index (χ1n) is 6.30. The van der Waals surface area contributed by atoms with Gasteiger partial charge in [0.05, 0.1) is 6.04 Å². The molecule has 96 valence electrons. The van der Waals surface area contributed by atoms with E-state index in [1.54, 1.807) is 0 Å². The van der Waals surface area contributed by atoms with Crippen molar-refractivity contribution in [1.29, 1.82) is 0 Å². The molecular weight excluding hydrogens is 300 g/mol. The van der Waals surface area contributed by atoms with Crippen LogP contribution in [0.1, 0.15) is 17.2 Å². The van der Waals surface area contributed by atoms with Gasteiger partial charge in [0.15, 0.2) is 0 Å². The summed E-state index contributed by atoms with van der Waals surface area (Å²) in [4.78, 5) is 0. The van der Waals surface area contributed by atoms with E-state index in [0.717, 1.165) is 5.33 Å². The molecule has 0 bridgehead atoms. The van der Waals surface area contributed by atoms with Crippen LogP contribution in [-0.2, 0) is 5.33 Å². The average Bonchev–Trinajstić information content (AvgIpc) is 3.01. The second-order valence-corrected chi connectivity index (χ2v) is 5.10. The molecule has 3 rings (SSSR count). The third kappa shape index (κ3) is 2.57. The number of hydrogen-bond donors (Lipinski definition) is 2. The lowest BCUT2D eigenvalue weighted by atomic mass is 9.95. The molecule has 0 amide bonds. The molecule has 2 aromatic carbocycles. The van der Waals surface area contributed by atoms with Crippen molar-refractivity contribution in [2.45, 2.75) is 11.4 Å². The summed E-state index contributed by atoms with van der Waals surface area (Å²) >= 11 is 3.48. The van der Waals surface area contributed by atoms with Crippen molar-refractivity contribution in [3.63, 3.8) is 0 Å². The van der Waals surface area contributed by atoms with E-state index in [-0.39, 0.29) is 6.04 Å². The van der Waals surface area contributed by atoms with Crippen molar-refractivity contribution in [3.8, 4) is 11.1 Å². The van der Waals surface area contributed by atoms with E-state index in [0.29, 0.717) is 0 Å². The zero-order valence-electron chi connectivity index (χ0n) is 10.4. The fourth-order valence-electron chi connectivity index (χ4n) is 2.32. The molecule has 0 saturated heterocycles. The quantitative estimate of drug-likeness (QED) is 0.839. The highest BCUT2D eigenvalue weighted by molar-refractivity contribution is 9.08. The van der Waals surface area contributed by atoms with E-state index in [1.165, 1.54) is 22.3 Å². The SMILES string of the molecule is BrCc1ccc(-c2ccccc2C2C=CNN2)cc1. The van der Waals surface area contributed by atoms with Crippen molar-refractivity contribution in [1.82, 2.24) is 10.9 Å². The monoisotopic (exact) mass is 314 g/mol. The van der Waals surface area contributed by atoms with Crippen LogP contribution < -0.4 is 10.9 Å². The second kappa shape index (κ2) is 5.59. The molecule has 2 aromatic rings. The van der Waals surface area contributed by atoms with Gasteiger partial charge in [-0.15, -0.1) is 0 Å². The number of hydrazine groups is 1. The molecule has 0 fully saturated rings. The van der Waals surface area contributed by atoms with Crippen LogP contribution in [0.4, 0.5) is 0 Å². The maximum Gasteiger partial charge on any atom is 0.0713 e. The predicted octanol–water partition coefficient (Wildman–Crippen LogP) is 3.91. The van der Waals surface area contributed by atoms with Crippen molar-refractivity contribution >= 4 is 15.9 Å². The van der Waals surface area contributed by atoms with Crippen LogP contribution in [0.3, 0.4) is 0 Å². The van der Waals surface area contributed by atoms with Gasteiger partial charge in [-0.3, -0.25) is 0 Å². The Bertz CT molecular complexity index is 590. The maximum absolute atomic E-state index is 3.48. The minimum Gasteiger partial charge on any atom is -0.328 e. The molecule has 0 spiro atoms. The Hall–Kier alpha value is -1.58. The van der Waals surface area contributed by atoms with Crippen LogP contribution in [0.25, 0.3) is 11.1 Å². The zero-order valence-corrected chi connectivity index (χ0v) is 12.0. The molecule has 19 heavy (non-hydrogen) atoms. The maximum atomic E-state index is 3.48. The largest absolute Gasteiger partial charge is 0.328 e. The van der Waals surface area contributed by atoms with Crippen molar-refractivity contribution in [2.75, 3.05) is 0 Å². The van der Waals surface area contributed by atoms with Gasteiger partial charge >= 0.3 is 0 Å². The summed E-state index contributed by atoms with van der Waals surface area (Å²) in [6.45, 7) is 0. The van der Waals surface area contributed by atoms with Crippen LogP contribution in [0.15, 0.2) is 60.8 Å². The van der Waals surface area contributed by atoms with E-state index in [9.17, 15) is 0 Å². The van der Waals surface area contributed by atoms with Gasteiger partial charge in [0.25, 0.3) is 0 Å². The van der Waals surface area contributed by atoms with Gasteiger partial charge in [-0.2, -0.15) is 0 Å². The lowest BCUT2D eigenvalue weighted by Crippen LogP contribution is -2.24. The molecule has 2 N–H and O–H groups in total. The van der Waals surface area contributed by atoms with Crippen LogP contribution >= 0.6 is 15.9 Å². The fourth-order valence-corrected chi connectivity index (χ4v) is 2.69. The first-order valence-corrected chi connectivity index (χ1v) is 7.42. The van der Waals surface area contributed by atoms with Gasteiger partial charge in [0, 0.05) is 11.5 Å². The molecule has 0 radical (unpaired) electrons. The molecule has 0 aliphatic carbocycles. The van der Waals surface area contributed by atoms with Gasteiger partial charge in [-0.1, -0.05) is 64.5 Å². The summed E-state index contributed by atoms with van der Waals surface area (Å²) in [6, 6.07) is 17.4. The van der Waals surface area contributed by atoms with Gasteiger partial charge in [0.1, 0.15) is 0 Å². The molecule has 0 saturated carbocycles. The molecule has 1 aliphatic heterocycles. The Morgan fingerprint density at radius 3 is 2.47 bits per heavy atom. The molecule has 3 heteroatoms. The lowest BCUT2D eigenvalue weighted by Gasteiger charge is -2.15. The summed E-state index contributed by atoms with van der Waals surface area (Å²) in [6.07, 6.45) is 4.07. The third-order valence-corrected chi connectivity index (χ3v) is 3.97. The zero-order chi connectivity index (χ0) is 13.1. The van der Waals surface area contributed by atoms with E-state index in [4.69, 9.17) is 0 Å². The predicted molar refractivity (Wildman–Crippen MR) is 82.7 cm³/mol. The number of rotatable bonds is 3. The molecule has 1 aliphatic rings. The number of alkyl halides is 1. The molecule has 2 nitrogen and oxygen atoms in total. The Morgan fingerprint density at radius 1 is 1.00 bits per heavy atom. The number of benzene rings is 2. The van der Waals surface area contributed by atoms with Gasteiger partial charge in [-0.05, 0) is 28.3 Å². The molecule has 1 atom stereocenters. The normalized spacial score (nSPS) is 17.4. The van der Waals surface area contributed by atoms with E-state index in [2.05, 4.69) is 81.4 Å². The standard InChI is InChI=1S/C16H15BrN2/c17-11-12-5-7-13(8-6-12)14-3-1-2-4-15(14)16-9-10-18-19-16/h1-10,16,18-19H,11H2. The van der Waals surface area contributed by atoms with Crippen LogP contribution in [0.5, 0.6) is 0 Å². The van der Waals surface area contributed by atoms with Gasteiger partial charge in [-0.25, -0.2) is 5.43 Å². The van der Waals surface area contributed by atoms with Crippen molar-refractivity contribution in [2.24, 2.45) is 0 Å². The second-order valence-electron chi connectivity index (χ2n) is 4.54. The van der Waals surface area contributed by atoms with Crippen molar-refractivity contribution in [3.05, 3.63) is 71.9 Å². The summed E-state index contributed by atoms with van der Waals surface area (Å²) in [5, 5.41) is 0.895. The summed E-state index contributed by atoms with van der Waals surface area (Å²) < 4.78 is 0. The average molecular weight is 315 g/mol. The van der Waals surface area contributed by atoms with Crippen LogP contribution in [-0.4, -0.2) is 0 Å². The molecule has 1 unspecified atom stereocenters. The minimum absolute atomic E-state index is 0.229. The smallest absolute Gasteiger partial charge is 0.0713 e. The Kier molecular flexibility index (Phi) is 3.67. The summed E-state index contributed by atoms with van der Waals surface area (Å²) in [5.74, 6) is 0. The molecule has 1 heterocycles. The molecular formula is C16H15BrN2. The third-order valence-electron chi connectivity index (χ3n) is 3.33. The number of nitrogens with one attached hydrogen (secondary N) is 2. The number of halogens is 1. The Balaban J connectivity index is 2.01. The van der Waals surface area contributed by atoms with Crippen LogP contribution in [0, 0.1) is 0 Å². The first-order chi connectivity index (χ1) is 9.38. The van der Waals surface area contributed by atoms with Crippen LogP contribution in [0.2, 0.25) is 0 Å². The highest BCUT2D eigenvalue weighted by Gasteiger charge is 2.15. The fraction of sp³-hybridized carbons (Fsp3) is 0.125. The Morgan fingerprint density at radius 2 is 1.79 bits per heavy atom. The van der Waals surface area contributed by atoms with Gasteiger partial charge < -0.3 is 5.43 Å². The topological polar surface area (TPSA) is 24.1 Å². The summed E-state index contributed by atoms with van der Waals surface area (Å²) in [5.41, 5.74) is 11.4. The van der Waals surface area contributed by atoms with E-state index in [1.807, 2.05) is 6.20 Å². The Labute approximate surface area is 121 Å². The highest BCUT2D eigenvalue weighted by atomic mass is 79.9. The summed E-state index contributed by atoms with van der Waals surface area (Å²) in [7, 11) is 0. The first kappa shape index (κ1) is 12.5. The van der Waals surface area contributed by atoms with E-state index < -0.39 is 0 Å². The van der Waals surface area contributed by atoms with Gasteiger partial charge in [0.2, 0.25) is 0 Å². The van der Waals surface area contributed by atoms with E-state index >= 15 is 0 Å². The minimum atomic E-state index is 0.229. The highest BCUT2D eigenvalue weighted by Crippen LogP contribution is 2.29. The van der Waals surface area contributed by atoms with Crippen molar-refractivity contribution < 1.29 is 0 Å².